The Labute approximate surface area is 108 Å². The average Bonchev–Trinajstić information content (AvgIpc) is 2.27. The third-order valence-corrected chi connectivity index (χ3v) is 3.32. The molecule has 1 atom stereocenters. The molecule has 0 unspecified atom stereocenters. The smallest absolute Gasteiger partial charge is 0.0431 e. The SMILES string of the molecule is CC(C)=CCC[C@H](C)CCCCCCCCO. The van der Waals surface area contributed by atoms with Crippen LogP contribution in [0.2, 0.25) is 0 Å². The van der Waals surface area contributed by atoms with E-state index in [4.69, 9.17) is 5.11 Å². The van der Waals surface area contributed by atoms with Crippen LogP contribution in [0.1, 0.15) is 78.6 Å². The predicted molar refractivity (Wildman–Crippen MR) is 77.2 cm³/mol. The molecule has 0 saturated carbocycles. The summed E-state index contributed by atoms with van der Waals surface area (Å²) < 4.78 is 0. The maximum absolute atomic E-state index is 8.66. The quantitative estimate of drug-likeness (QED) is 0.394. The molecule has 0 fully saturated rings. The monoisotopic (exact) mass is 240 g/mol. The van der Waals surface area contributed by atoms with Gasteiger partial charge in [-0.1, -0.05) is 57.1 Å². The lowest BCUT2D eigenvalue weighted by Gasteiger charge is -2.09. The van der Waals surface area contributed by atoms with Crippen molar-refractivity contribution < 1.29 is 5.11 Å². The highest BCUT2D eigenvalue weighted by atomic mass is 16.2. The highest BCUT2D eigenvalue weighted by molar-refractivity contribution is 4.92. The average molecular weight is 240 g/mol. The van der Waals surface area contributed by atoms with E-state index in [2.05, 4.69) is 26.8 Å². The Hall–Kier alpha value is -0.300. The summed E-state index contributed by atoms with van der Waals surface area (Å²) in [5.74, 6) is 0.878. The normalized spacial score (nSPS) is 12.5. The molecule has 0 rings (SSSR count). The minimum atomic E-state index is 0.362. The lowest BCUT2D eigenvalue weighted by Crippen LogP contribution is -1.94. The van der Waals surface area contributed by atoms with Crippen molar-refractivity contribution in [3.05, 3.63) is 11.6 Å². The lowest BCUT2D eigenvalue weighted by atomic mass is 9.97. The summed E-state index contributed by atoms with van der Waals surface area (Å²) in [7, 11) is 0. The first-order chi connectivity index (χ1) is 8.16. The van der Waals surface area contributed by atoms with Crippen molar-refractivity contribution in [1.82, 2.24) is 0 Å². The summed E-state index contributed by atoms with van der Waals surface area (Å²) >= 11 is 0. The van der Waals surface area contributed by atoms with E-state index < -0.39 is 0 Å². The fourth-order valence-electron chi connectivity index (χ4n) is 2.11. The summed E-state index contributed by atoms with van der Waals surface area (Å²) in [6.07, 6.45) is 13.9. The maximum atomic E-state index is 8.66. The van der Waals surface area contributed by atoms with E-state index in [0.29, 0.717) is 6.61 Å². The third-order valence-electron chi connectivity index (χ3n) is 3.32. The number of aliphatic hydroxyl groups excluding tert-OH is 1. The Kier molecular flexibility index (Phi) is 12.0. The molecular weight excluding hydrogens is 208 g/mol. The van der Waals surface area contributed by atoms with Crippen molar-refractivity contribution in [1.29, 1.82) is 0 Å². The van der Waals surface area contributed by atoms with Gasteiger partial charge in [0.1, 0.15) is 0 Å². The van der Waals surface area contributed by atoms with Gasteiger partial charge in [0.15, 0.2) is 0 Å². The van der Waals surface area contributed by atoms with Crippen LogP contribution in [0.25, 0.3) is 0 Å². The van der Waals surface area contributed by atoms with Crippen LogP contribution in [0.5, 0.6) is 0 Å². The summed E-state index contributed by atoms with van der Waals surface area (Å²) in [5, 5.41) is 8.66. The van der Waals surface area contributed by atoms with Crippen molar-refractivity contribution in [2.75, 3.05) is 6.61 Å². The largest absolute Gasteiger partial charge is 0.396 e. The summed E-state index contributed by atoms with van der Waals surface area (Å²) in [6.45, 7) is 7.10. The van der Waals surface area contributed by atoms with E-state index in [9.17, 15) is 0 Å². The number of hydrogen-bond acceptors (Lipinski definition) is 1. The van der Waals surface area contributed by atoms with Crippen molar-refractivity contribution in [3.63, 3.8) is 0 Å². The molecule has 0 aliphatic rings. The zero-order valence-corrected chi connectivity index (χ0v) is 12.2. The molecule has 1 nitrogen and oxygen atoms in total. The van der Waals surface area contributed by atoms with Gasteiger partial charge in [-0.05, 0) is 39.0 Å². The second-order valence-electron chi connectivity index (χ2n) is 5.60. The van der Waals surface area contributed by atoms with Crippen LogP contribution in [-0.2, 0) is 0 Å². The van der Waals surface area contributed by atoms with Gasteiger partial charge in [0.05, 0.1) is 0 Å². The topological polar surface area (TPSA) is 20.2 Å². The zero-order chi connectivity index (χ0) is 12.9. The van der Waals surface area contributed by atoms with Crippen LogP contribution < -0.4 is 0 Å². The van der Waals surface area contributed by atoms with Gasteiger partial charge in [-0.25, -0.2) is 0 Å². The van der Waals surface area contributed by atoms with Crippen molar-refractivity contribution in [2.45, 2.75) is 78.6 Å². The first-order valence-electron chi connectivity index (χ1n) is 7.41. The highest BCUT2D eigenvalue weighted by Gasteiger charge is 2.00. The molecule has 0 aromatic carbocycles. The second kappa shape index (κ2) is 12.2. The Morgan fingerprint density at radius 1 is 0.941 bits per heavy atom. The Bertz CT molecular complexity index is 180. The van der Waals surface area contributed by atoms with Gasteiger partial charge >= 0.3 is 0 Å². The standard InChI is InChI=1S/C16H32O/c1-15(2)11-10-13-16(3)12-8-6-4-5-7-9-14-17/h11,16-17H,4-10,12-14H2,1-3H3/t16-/m1/s1. The number of allylic oxidation sites excluding steroid dienone is 2. The van der Waals surface area contributed by atoms with Gasteiger partial charge in [0.2, 0.25) is 0 Å². The molecule has 0 aliphatic heterocycles. The summed E-state index contributed by atoms with van der Waals surface area (Å²) in [5.41, 5.74) is 1.45. The van der Waals surface area contributed by atoms with Crippen LogP contribution in [-0.4, -0.2) is 11.7 Å². The molecule has 17 heavy (non-hydrogen) atoms. The van der Waals surface area contributed by atoms with Crippen molar-refractivity contribution >= 4 is 0 Å². The minimum Gasteiger partial charge on any atom is -0.396 e. The number of unbranched alkanes of at least 4 members (excludes halogenated alkanes) is 5. The van der Waals surface area contributed by atoms with E-state index in [1.54, 1.807) is 0 Å². The van der Waals surface area contributed by atoms with Crippen LogP contribution in [0.15, 0.2) is 11.6 Å². The van der Waals surface area contributed by atoms with Gasteiger partial charge in [-0.3, -0.25) is 0 Å². The summed E-state index contributed by atoms with van der Waals surface area (Å²) in [6, 6.07) is 0. The Morgan fingerprint density at radius 3 is 2.12 bits per heavy atom. The number of rotatable bonds is 11. The van der Waals surface area contributed by atoms with Gasteiger partial charge in [-0.2, -0.15) is 0 Å². The Balaban J connectivity index is 3.21. The lowest BCUT2D eigenvalue weighted by molar-refractivity contribution is 0.282. The van der Waals surface area contributed by atoms with E-state index in [-0.39, 0.29) is 0 Å². The molecule has 0 heterocycles. The van der Waals surface area contributed by atoms with E-state index in [1.807, 2.05) is 0 Å². The molecule has 1 heteroatoms. The Morgan fingerprint density at radius 2 is 1.53 bits per heavy atom. The van der Waals surface area contributed by atoms with E-state index >= 15 is 0 Å². The number of hydrogen-bond donors (Lipinski definition) is 1. The molecular formula is C16H32O. The fraction of sp³-hybridized carbons (Fsp3) is 0.875. The van der Waals surface area contributed by atoms with Crippen molar-refractivity contribution in [2.24, 2.45) is 5.92 Å². The van der Waals surface area contributed by atoms with E-state index in [0.717, 1.165) is 12.3 Å². The van der Waals surface area contributed by atoms with Crippen LogP contribution in [0.4, 0.5) is 0 Å². The molecule has 0 bridgehead atoms. The molecule has 0 aromatic rings. The van der Waals surface area contributed by atoms with Gasteiger partial charge in [-0.15, -0.1) is 0 Å². The second-order valence-corrected chi connectivity index (χ2v) is 5.60. The van der Waals surface area contributed by atoms with Gasteiger partial charge in [0.25, 0.3) is 0 Å². The van der Waals surface area contributed by atoms with E-state index in [1.165, 1.54) is 56.9 Å². The third kappa shape index (κ3) is 13.6. The highest BCUT2D eigenvalue weighted by Crippen LogP contribution is 2.16. The molecule has 1 N–H and O–H groups in total. The molecule has 0 aliphatic carbocycles. The van der Waals surface area contributed by atoms with Gasteiger partial charge in [0, 0.05) is 6.61 Å². The molecule has 0 saturated heterocycles. The van der Waals surface area contributed by atoms with Crippen molar-refractivity contribution in [3.8, 4) is 0 Å². The first-order valence-corrected chi connectivity index (χ1v) is 7.41. The van der Waals surface area contributed by atoms with Crippen LogP contribution >= 0.6 is 0 Å². The first kappa shape index (κ1) is 16.7. The molecule has 0 spiro atoms. The number of aliphatic hydroxyl groups is 1. The molecule has 102 valence electrons. The molecule has 0 aromatic heterocycles. The zero-order valence-electron chi connectivity index (χ0n) is 12.2. The molecule has 0 radical (unpaired) electrons. The van der Waals surface area contributed by atoms with Crippen LogP contribution in [0, 0.1) is 5.92 Å². The minimum absolute atomic E-state index is 0.362. The van der Waals surface area contributed by atoms with Crippen LogP contribution in [0.3, 0.4) is 0 Å². The summed E-state index contributed by atoms with van der Waals surface area (Å²) in [4.78, 5) is 0. The fourth-order valence-corrected chi connectivity index (χ4v) is 2.11. The maximum Gasteiger partial charge on any atom is 0.0431 e. The van der Waals surface area contributed by atoms with Gasteiger partial charge < -0.3 is 5.11 Å². The predicted octanol–water partition coefficient (Wildman–Crippen LogP) is 5.09. The molecule has 0 amide bonds.